The average Bonchev–Trinajstić information content (AvgIpc) is 2.88. The fourth-order valence-electron chi connectivity index (χ4n) is 2.27. The number of nitrogens with one attached hydrogen (secondary N) is 1. The van der Waals surface area contributed by atoms with Crippen LogP contribution in [0.5, 0.6) is 0 Å². The van der Waals surface area contributed by atoms with Crippen molar-refractivity contribution in [3.8, 4) is 0 Å². The molecule has 0 aromatic carbocycles. The molecule has 1 unspecified atom stereocenters. The van der Waals surface area contributed by atoms with E-state index in [4.69, 9.17) is 5.11 Å². The Morgan fingerprint density at radius 3 is 2.78 bits per heavy atom. The summed E-state index contributed by atoms with van der Waals surface area (Å²) in [5.74, 6) is -0.955. The number of carboxylic acid groups (broad SMARTS) is 1. The first-order valence-corrected chi connectivity index (χ1v) is 7.07. The van der Waals surface area contributed by atoms with Crippen LogP contribution in [-0.2, 0) is 0 Å². The number of rotatable bonds is 5. The van der Waals surface area contributed by atoms with Crippen LogP contribution >= 0.6 is 11.3 Å². The summed E-state index contributed by atoms with van der Waals surface area (Å²) in [6.45, 7) is 7.22. The highest BCUT2D eigenvalue weighted by Crippen LogP contribution is 2.23. The topological polar surface area (TPSA) is 65.5 Å². The standard InChI is InChI=1S/C12H19N3O2S/c1-8(7-15-5-3-4-6-15)13-12-14-10(11(16)17)9(2)18-12/h8H,3-7H2,1-2H3,(H,13,14)(H,16,17). The predicted molar refractivity (Wildman–Crippen MR) is 72.6 cm³/mol. The van der Waals surface area contributed by atoms with Gasteiger partial charge >= 0.3 is 5.97 Å². The van der Waals surface area contributed by atoms with Crippen molar-refractivity contribution in [2.24, 2.45) is 0 Å². The van der Waals surface area contributed by atoms with Crippen molar-refractivity contribution < 1.29 is 9.90 Å². The zero-order chi connectivity index (χ0) is 13.1. The van der Waals surface area contributed by atoms with Gasteiger partial charge in [-0.1, -0.05) is 0 Å². The number of hydrogen-bond donors (Lipinski definition) is 2. The molecule has 0 amide bonds. The third-order valence-electron chi connectivity index (χ3n) is 3.10. The molecule has 2 heterocycles. The van der Waals surface area contributed by atoms with E-state index in [1.165, 1.54) is 37.3 Å². The molecule has 1 aliphatic heterocycles. The Hall–Kier alpha value is -1.14. The molecule has 18 heavy (non-hydrogen) atoms. The van der Waals surface area contributed by atoms with Crippen LogP contribution in [0.15, 0.2) is 0 Å². The van der Waals surface area contributed by atoms with Gasteiger partial charge in [-0.2, -0.15) is 0 Å². The molecule has 5 nitrogen and oxygen atoms in total. The second-order valence-electron chi connectivity index (χ2n) is 4.78. The summed E-state index contributed by atoms with van der Waals surface area (Å²) in [5.41, 5.74) is 0.163. The maximum absolute atomic E-state index is 10.9. The summed E-state index contributed by atoms with van der Waals surface area (Å²) in [4.78, 5) is 18.2. The molecule has 2 rings (SSSR count). The summed E-state index contributed by atoms with van der Waals surface area (Å²) < 4.78 is 0. The molecule has 2 N–H and O–H groups in total. The van der Waals surface area contributed by atoms with Crippen molar-refractivity contribution in [1.82, 2.24) is 9.88 Å². The van der Waals surface area contributed by atoms with Crippen LogP contribution in [0.2, 0.25) is 0 Å². The minimum atomic E-state index is -0.955. The molecule has 100 valence electrons. The van der Waals surface area contributed by atoms with Crippen molar-refractivity contribution in [3.05, 3.63) is 10.6 Å². The van der Waals surface area contributed by atoms with Crippen molar-refractivity contribution in [2.45, 2.75) is 32.7 Å². The SMILES string of the molecule is Cc1sc(NC(C)CN2CCCC2)nc1C(=O)O. The Kier molecular flexibility index (Phi) is 4.19. The van der Waals surface area contributed by atoms with Gasteiger partial charge in [-0.05, 0) is 39.8 Å². The molecule has 1 aromatic rings. The molecular formula is C12H19N3O2S. The van der Waals surface area contributed by atoms with Gasteiger partial charge in [0.15, 0.2) is 10.8 Å². The van der Waals surface area contributed by atoms with E-state index in [1.807, 2.05) is 0 Å². The molecule has 0 aliphatic carbocycles. The number of hydrogen-bond acceptors (Lipinski definition) is 5. The molecule has 0 radical (unpaired) electrons. The van der Waals surface area contributed by atoms with Gasteiger partial charge in [0, 0.05) is 17.5 Å². The van der Waals surface area contributed by atoms with E-state index >= 15 is 0 Å². The molecule has 0 saturated carbocycles. The lowest BCUT2D eigenvalue weighted by Gasteiger charge is -2.20. The van der Waals surface area contributed by atoms with Crippen LogP contribution in [0.4, 0.5) is 5.13 Å². The van der Waals surface area contributed by atoms with Gasteiger partial charge in [0.25, 0.3) is 0 Å². The van der Waals surface area contributed by atoms with Gasteiger partial charge in [-0.3, -0.25) is 0 Å². The molecule has 0 bridgehead atoms. The highest BCUT2D eigenvalue weighted by Gasteiger charge is 2.17. The second-order valence-corrected chi connectivity index (χ2v) is 5.99. The van der Waals surface area contributed by atoms with Gasteiger partial charge < -0.3 is 15.3 Å². The molecular weight excluding hydrogens is 250 g/mol. The lowest BCUT2D eigenvalue weighted by atomic mass is 10.3. The average molecular weight is 269 g/mol. The van der Waals surface area contributed by atoms with Gasteiger partial charge in [-0.25, -0.2) is 9.78 Å². The quantitative estimate of drug-likeness (QED) is 0.856. The zero-order valence-corrected chi connectivity index (χ0v) is 11.6. The van der Waals surface area contributed by atoms with Crippen LogP contribution in [0.25, 0.3) is 0 Å². The van der Waals surface area contributed by atoms with Gasteiger partial charge in [0.2, 0.25) is 0 Å². The predicted octanol–water partition coefficient (Wildman–Crippen LogP) is 2.05. The lowest BCUT2D eigenvalue weighted by Crippen LogP contribution is -2.32. The van der Waals surface area contributed by atoms with E-state index in [9.17, 15) is 4.79 Å². The molecule has 1 aromatic heterocycles. The smallest absolute Gasteiger partial charge is 0.355 e. The van der Waals surface area contributed by atoms with E-state index in [1.54, 1.807) is 6.92 Å². The van der Waals surface area contributed by atoms with Crippen LogP contribution in [0.3, 0.4) is 0 Å². The first-order valence-electron chi connectivity index (χ1n) is 6.26. The van der Waals surface area contributed by atoms with Crippen LogP contribution in [0, 0.1) is 6.92 Å². The van der Waals surface area contributed by atoms with E-state index in [0.717, 1.165) is 11.4 Å². The second kappa shape index (κ2) is 5.67. The van der Waals surface area contributed by atoms with Gasteiger partial charge in [0.1, 0.15) is 0 Å². The van der Waals surface area contributed by atoms with E-state index in [-0.39, 0.29) is 11.7 Å². The summed E-state index contributed by atoms with van der Waals surface area (Å²) in [6, 6.07) is 0.287. The van der Waals surface area contributed by atoms with E-state index < -0.39 is 5.97 Å². The number of aryl methyl sites for hydroxylation is 1. The number of aromatic nitrogens is 1. The first-order chi connectivity index (χ1) is 8.56. The molecule has 1 atom stereocenters. The number of thiazole rings is 1. The number of anilines is 1. The highest BCUT2D eigenvalue weighted by atomic mass is 32.1. The van der Waals surface area contributed by atoms with Crippen molar-refractivity contribution >= 4 is 22.4 Å². The number of carboxylic acids is 1. The maximum Gasteiger partial charge on any atom is 0.355 e. The minimum absolute atomic E-state index is 0.163. The van der Waals surface area contributed by atoms with Crippen molar-refractivity contribution in [3.63, 3.8) is 0 Å². The summed E-state index contributed by atoms with van der Waals surface area (Å²) in [5, 5.41) is 12.9. The largest absolute Gasteiger partial charge is 0.476 e. The molecule has 6 heteroatoms. The van der Waals surface area contributed by atoms with Crippen molar-refractivity contribution in [2.75, 3.05) is 25.0 Å². The molecule has 1 saturated heterocycles. The van der Waals surface area contributed by atoms with Crippen LogP contribution in [0.1, 0.15) is 35.1 Å². The van der Waals surface area contributed by atoms with Crippen LogP contribution < -0.4 is 5.32 Å². The number of aromatic carboxylic acids is 1. The minimum Gasteiger partial charge on any atom is -0.476 e. The molecule has 1 fully saturated rings. The number of carbonyl (C=O) groups is 1. The number of likely N-dealkylation sites (tertiary alicyclic amines) is 1. The molecule has 0 spiro atoms. The normalized spacial score (nSPS) is 17.9. The van der Waals surface area contributed by atoms with E-state index in [2.05, 4.69) is 22.1 Å². The van der Waals surface area contributed by atoms with Gasteiger partial charge in [-0.15, -0.1) is 11.3 Å². The highest BCUT2D eigenvalue weighted by molar-refractivity contribution is 7.15. The van der Waals surface area contributed by atoms with Crippen molar-refractivity contribution in [1.29, 1.82) is 0 Å². The first kappa shape index (κ1) is 13.3. The Morgan fingerprint density at radius 1 is 1.56 bits per heavy atom. The summed E-state index contributed by atoms with van der Waals surface area (Å²) in [6.07, 6.45) is 2.57. The lowest BCUT2D eigenvalue weighted by molar-refractivity contribution is 0.0690. The summed E-state index contributed by atoms with van der Waals surface area (Å²) >= 11 is 1.41. The Balaban J connectivity index is 1.91. The summed E-state index contributed by atoms with van der Waals surface area (Å²) in [7, 11) is 0. The van der Waals surface area contributed by atoms with E-state index in [0.29, 0.717) is 5.13 Å². The fourth-order valence-corrected chi connectivity index (χ4v) is 3.18. The fraction of sp³-hybridized carbons (Fsp3) is 0.667. The maximum atomic E-state index is 10.9. The Bertz CT molecular complexity index is 427. The third kappa shape index (κ3) is 3.20. The zero-order valence-electron chi connectivity index (χ0n) is 10.8. The Morgan fingerprint density at radius 2 is 2.22 bits per heavy atom. The van der Waals surface area contributed by atoms with Crippen LogP contribution in [-0.4, -0.2) is 46.6 Å². The Labute approximate surface area is 111 Å². The monoisotopic (exact) mass is 269 g/mol. The third-order valence-corrected chi connectivity index (χ3v) is 4.00. The number of nitrogens with zero attached hydrogens (tertiary/aromatic N) is 2. The van der Waals surface area contributed by atoms with Gasteiger partial charge in [0.05, 0.1) is 0 Å². The molecule has 1 aliphatic rings.